The van der Waals surface area contributed by atoms with Gasteiger partial charge in [-0.2, -0.15) is 4.98 Å². The first-order valence-electron chi connectivity index (χ1n) is 10.6. The minimum atomic E-state index is -3.78. The molecule has 1 aliphatic heterocycles. The van der Waals surface area contributed by atoms with Crippen LogP contribution in [-0.2, 0) is 10.0 Å². The van der Waals surface area contributed by atoms with E-state index in [4.69, 9.17) is 16.3 Å². The van der Waals surface area contributed by atoms with Crippen molar-refractivity contribution in [2.45, 2.75) is 9.79 Å². The van der Waals surface area contributed by atoms with Crippen molar-refractivity contribution in [2.24, 2.45) is 0 Å². The van der Waals surface area contributed by atoms with Crippen molar-refractivity contribution in [3.05, 3.63) is 84.0 Å². The predicted octanol–water partition coefficient (Wildman–Crippen LogP) is 5.90. The quantitative estimate of drug-likeness (QED) is 0.303. The van der Waals surface area contributed by atoms with Gasteiger partial charge >= 0.3 is 0 Å². The summed E-state index contributed by atoms with van der Waals surface area (Å²) in [6.07, 6.45) is 1.50. The number of ether oxygens (including phenoxy) is 1. The molecule has 0 radical (unpaired) electrons. The second-order valence-corrected chi connectivity index (χ2v) is 10.8. The van der Waals surface area contributed by atoms with Crippen LogP contribution in [0.2, 0.25) is 5.02 Å². The van der Waals surface area contributed by atoms with E-state index >= 15 is 0 Å². The molecule has 1 aromatic heterocycles. The van der Waals surface area contributed by atoms with Crippen LogP contribution in [0.1, 0.15) is 0 Å². The highest BCUT2D eigenvalue weighted by Gasteiger charge is 2.16. The highest BCUT2D eigenvalue weighted by atomic mass is 35.5. The minimum Gasteiger partial charge on any atom is -0.493 e. The fourth-order valence-electron chi connectivity index (χ4n) is 3.39. The average Bonchev–Trinajstić information content (AvgIpc) is 2.84. The van der Waals surface area contributed by atoms with E-state index in [-0.39, 0.29) is 10.8 Å². The number of hydrogen-bond acceptors (Lipinski definition) is 8. The van der Waals surface area contributed by atoms with Crippen LogP contribution in [0.15, 0.2) is 88.8 Å². The lowest BCUT2D eigenvalue weighted by atomic mass is 10.2. The van der Waals surface area contributed by atoms with E-state index in [0.29, 0.717) is 40.3 Å². The van der Waals surface area contributed by atoms with Gasteiger partial charge in [-0.3, -0.25) is 4.72 Å². The Labute approximate surface area is 212 Å². The lowest BCUT2D eigenvalue weighted by Gasteiger charge is -2.14. The number of aromatic nitrogens is 2. The Hall–Kier alpha value is -3.47. The first kappa shape index (κ1) is 23.3. The fraction of sp³-hybridized carbons (Fsp3) is 0.0833. The van der Waals surface area contributed by atoms with Crippen LogP contribution in [0, 0.1) is 0 Å². The van der Waals surface area contributed by atoms with Crippen molar-refractivity contribution in [2.75, 3.05) is 27.7 Å². The Balaban J connectivity index is 1.50. The Morgan fingerprint density at radius 3 is 2.69 bits per heavy atom. The second-order valence-electron chi connectivity index (χ2n) is 7.53. The van der Waals surface area contributed by atoms with Crippen molar-refractivity contribution in [3.63, 3.8) is 0 Å². The van der Waals surface area contributed by atoms with Gasteiger partial charge in [0, 0.05) is 34.2 Å². The maximum atomic E-state index is 12.9. The largest absolute Gasteiger partial charge is 0.493 e. The van der Waals surface area contributed by atoms with E-state index in [9.17, 15) is 8.42 Å². The molecule has 5 rings (SSSR count). The molecule has 35 heavy (non-hydrogen) atoms. The molecule has 0 amide bonds. The van der Waals surface area contributed by atoms with E-state index in [1.165, 1.54) is 18.3 Å². The summed E-state index contributed by atoms with van der Waals surface area (Å²) in [6.45, 7) is 0.423. The molecule has 8 nitrogen and oxygen atoms in total. The number of sulfonamides is 1. The number of rotatable bonds is 3. The summed E-state index contributed by atoms with van der Waals surface area (Å²) < 4.78 is 34.3. The van der Waals surface area contributed by atoms with Crippen molar-refractivity contribution in [3.8, 4) is 5.75 Å². The summed E-state index contributed by atoms with van der Waals surface area (Å²) in [7, 11) is -3.78. The number of anilines is 5. The molecule has 6 bridgehead atoms. The summed E-state index contributed by atoms with van der Waals surface area (Å²) in [4.78, 5) is 9.96. The summed E-state index contributed by atoms with van der Waals surface area (Å²) in [5.74, 6) is 1.92. The van der Waals surface area contributed by atoms with Gasteiger partial charge in [0.2, 0.25) is 5.95 Å². The predicted molar refractivity (Wildman–Crippen MR) is 140 cm³/mol. The first-order valence-corrected chi connectivity index (χ1v) is 13.4. The zero-order valence-electron chi connectivity index (χ0n) is 18.2. The van der Waals surface area contributed by atoms with Crippen LogP contribution < -0.4 is 20.1 Å². The molecule has 1 aliphatic rings. The molecule has 3 N–H and O–H groups in total. The van der Waals surface area contributed by atoms with E-state index in [2.05, 4.69) is 25.3 Å². The molecular weight excluding hydrogens is 506 g/mol. The lowest BCUT2D eigenvalue weighted by Crippen LogP contribution is -2.13. The number of fused-ring (bicyclic) bond motifs is 6. The second kappa shape index (κ2) is 10.0. The normalized spacial score (nSPS) is 13.3. The number of thioether (sulfide) groups is 1. The molecule has 0 unspecified atom stereocenters. The van der Waals surface area contributed by atoms with E-state index in [1.54, 1.807) is 48.2 Å². The van der Waals surface area contributed by atoms with Gasteiger partial charge < -0.3 is 15.4 Å². The molecule has 0 saturated carbocycles. The van der Waals surface area contributed by atoms with E-state index in [1.807, 2.05) is 24.3 Å². The maximum Gasteiger partial charge on any atom is 0.261 e. The topological polar surface area (TPSA) is 105 Å². The summed E-state index contributed by atoms with van der Waals surface area (Å²) in [5, 5.41) is 6.71. The molecule has 4 aromatic rings. The zero-order valence-corrected chi connectivity index (χ0v) is 20.6. The first-order chi connectivity index (χ1) is 16.9. The minimum absolute atomic E-state index is 0.161. The molecule has 0 atom stereocenters. The van der Waals surface area contributed by atoms with Gasteiger partial charge in [0.25, 0.3) is 10.0 Å². The summed E-state index contributed by atoms with van der Waals surface area (Å²) in [6, 6.07) is 21.1. The van der Waals surface area contributed by atoms with Crippen LogP contribution in [-0.4, -0.2) is 30.7 Å². The third-order valence-electron chi connectivity index (χ3n) is 4.93. The molecule has 0 spiro atoms. The Kier molecular flexibility index (Phi) is 6.67. The molecule has 2 heterocycles. The van der Waals surface area contributed by atoms with E-state index in [0.717, 1.165) is 10.6 Å². The van der Waals surface area contributed by atoms with Crippen LogP contribution in [0.25, 0.3) is 0 Å². The van der Waals surface area contributed by atoms with Gasteiger partial charge in [0.15, 0.2) is 5.82 Å². The highest BCUT2D eigenvalue weighted by molar-refractivity contribution is 7.99. The average molecular weight is 526 g/mol. The van der Waals surface area contributed by atoms with Crippen molar-refractivity contribution >= 4 is 62.2 Å². The molecule has 0 aliphatic carbocycles. The molecule has 0 saturated heterocycles. The number of benzene rings is 3. The van der Waals surface area contributed by atoms with Crippen LogP contribution >= 0.6 is 23.4 Å². The lowest BCUT2D eigenvalue weighted by molar-refractivity contribution is 0.344. The molecular formula is C24H20ClN5O3S2. The summed E-state index contributed by atoms with van der Waals surface area (Å²) >= 11 is 7.96. The standard InChI is InChI=1S/C24H20ClN5O3S2/c25-22-15-26-24-28-17-11-18(30-35(31,32)21-7-2-1-3-8-21)13-19(12-17)33-9-10-34-20-6-4-5-16(14-20)27-23(22)29-24/h1-8,11-15,30H,9-10H2,(H2,26,27,28,29). The van der Waals surface area contributed by atoms with Gasteiger partial charge in [0.05, 0.1) is 23.4 Å². The Morgan fingerprint density at radius 1 is 0.971 bits per heavy atom. The van der Waals surface area contributed by atoms with Gasteiger partial charge in [-0.15, -0.1) is 11.8 Å². The smallest absolute Gasteiger partial charge is 0.261 e. The van der Waals surface area contributed by atoms with Crippen LogP contribution in [0.3, 0.4) is 0 Å². The zero-order chi connectivity index (χ0) is 24.3. The van der Waals surface area contributed by atoms with E-state index < -0.39 is 10.0 Å². The Bertz CT molecular complexity index is 1470. The van der Waals surface area contributed by atoms with Crippen molar-refractivity contribution in [1.82, 2.24) is 9.97 Å². The third kappa shape index (κ3) is 5.79. The Morgan fingerprint density at radius 2 is 1.83 bits per heavy atom. The van der Waals surface area contributed by atoms with Crippen LogP contribution in [0.5, 0.6) is 5.75 Å². The summed E-state index contributed by atoms with van der Waals surface area (Å²) in [5.41, 5.74) is 1.73. The number of hydrogen-bond donors (Lipinski definition) is 3. The van der Waals surface area contributed by atoms with Crippen LogP contribution in [0.4, 0.5) is 28.8 Å². The number of nitrogens with zero attached hydrogens (tertiary/aromatic N) is 2. The monoisotopic (exact) mass is 525 g/mol. The van der Waals surface area contributed by atoms with Crippen molar-refractivity contribution in [1.29, 1.82) is 0 Å². The van der Waals surface area contributed by atoms with Gasteiger partial charge in [-0.05, 0) is 36.4 Å². The molecule has 11 heteroatoms. The highest BCUT2D eigenvalue weighted by Crippen LogP contribution is 2.31. The third-order valence-corrected chi connectivity index (χ3v) is 7.56. The maximum absolute atomic E-state index is 12.9. The fourth-order valence-corrected chi connectivity index (χ4v) is 5.38. The SMILES string of the molecule is O=S(=O)(Nc1cc2cc(c1)OCCSc1cccc(c1)Nc1nc(ncc1Cl)N2)c1ccccc1. The van der Waals surface area contributed by atoms with Gasteiger partial charge in [-0.1, -0.05) is 35.9 Å². The van der Waals surface area contributed by atoms with Crippen molar-refractivity contribution < 1.29 is 13.2 Å². The molecule has 0 fully saturated rings. The number of halogens is 1. The molecule has 3 aromatic carbocycles. The van der Waals surface area contributed by atoms with Gasteiger partial charge in [-0.25, -0.2) is 13.4 Å². The van der Waals surface area contributed by atoms with Gasteiger partial charge in [0.1, 0.15) is 10.8 Å². The number of nitrogens with one attached hydrogen (secondary N) is 3. The molecule has 178 valence electrons.